The van der Waals surface area contributed by atoms with Crippen molar-refractivity contribution >= 4 is 11.9 Å². The van der Waals surface area contributed by atoms with Gasteiger partial charge in [0.15, 0.2) is 0 Å². The number of carbonyl (C=O) groups is 2. The second-order valence-electron chi connectivity index (χ2n) is 6.31. The van der Waals surface area contributed by atoms with Crippen molar-refractivity contribution < 1.29 is 24.2 Å². The van der Waals surface area contributed by atoms with Gasteiger partial charge in [-0.15, -0.1) is 0 Å². The molecule has 0 amide bonds. The fourth-order valence-corrected chi connectivity index (χ4v) is 2.50. The first-order valence-electron chi connectivity index (χ1n) is 7.31. The molecule has 0 spiro atoms. The lowest BCUT2D eigenvalue weighted by Crippen LogP contribution is -2.46. The predicted molar refractivity (Wildman–Crippen MR) is 77.6 cm³/mol. The van der Waals surface area contributed by atoms with Crippen molar-refractivity contribution in [1.29, 1.82) is 0 Å². The summed E-state index contributed by atoms with van der Waals surface area (Å²) < 4.78 is 10.3. The molecule has 8 heteroatoms. The lowest BCUT2D eigenvalue weighted by atomic mass is 9.75. The second-order valence-corrected chi connectivity index (χ2v) is 6.31. The fraction of sp³-hybridized carbons (Fsp3) is 0.857. The van der Waals surface area contributed by atoms with E-state index in [0.29, 0.717) is 0 Å². The van der Waals surface area contributed by atoms with E-state index in [9.17, 15) is 14.7 Å². The molecule has 1 N–H and O–H groups in total. The minimum absolute atomic E-state index is 0.00206. The second kappa shape index (κ2) is 7.47. The summed E-state index contributed by atoms with van der Waals surface area (Å²) in [6, 6.07) is -0.752. The van der Waals surface area contributed by atoms with Crippen molar-refractivity contribution in [2.45, 2.75) is 58.3 Å². The largest absolute Gasteiger partial charge is 0.466 e. The first-order chi connectivity index (χ1) is 10.2. The Hall–Kier alpha value is -1.79. The van der Waals surface area contributed by atoms with Gasteiger partial charge in [0.05, 0.1) is 30.6 Å². The average Bonchev–Trinajstić information content (AvgIpc) is 2.39. The number of hydrogen-bond donors (Lipinski definition) is 1. The topological polar surface area (TPSA) is 122 Å². The van der Waals surface area contributed by atoms with Crippen LogP contribution in [0, 0.1) is 11.8 Å². The molecule has 0 aromatic heterocycles. The number of azide groups is 1. The Kier molecular flexibility index (Phi) is 6.20. The quantitative estimate of drug-likeness (QED) is 0.368. The summed E-state index contributed by atoms with van der Waals surface area (Å²) in [4.78, 5) is 27.1. The molecule has 0 aliphatic heterocycles. The van der Waals surface area contributed by atoms with Gasteiger partial charge in [-0.25, -0.2) is 0 Å². The molecule has 1 rings (SSSR count). The van der Waals surface area contributed by atoms with Crippen LogP contribution in [0.15, 0.2) is 5.11 Å². The number of nitrogens with zero attached hydrogens (tertiary/aromatic N) is 3. The predicted octanol–water partition coefficient (Wildman–Crippen LogP) is 1.96. The van der Waals surface area contributed by atoms with E-state index in [4.69, 9.17) is 15.0 Å². The van der Waals surface area contributed by atoms with Crippen LogP contribution < -0.4 is 0 Å². The zero-order valence-electron chi connectivity index (χ0n) is 13.4. The summed E-state index contributed by atoms with van der Waals surface area (Å²) in [5.41, 5.74) is 7.84. The van der Waals surface area contributed by atoms with Crippen LogP contribution in [0.1, 0.15) is 40.5 Å². The van der Waals surface area contributed by atoms with Gasteiger partial charge in [0.2, 0.25) is 0 Å². The van der Waals surface area contributed by atoms with Crippen molar-refractivity contribution in [3.05, 3.63) is 10.4 Å². The number of esters is 2. The van der Waals surface area contributed by atoms with Crippen LogP contribution in [-0.4, -0.2) is 41.4 Å². The summed E-state index contributed by atoms with van der Waals surface area (Å²) >= 11 is 0. The van der Waals surface area contributed by atoms with Gasteiger partial charge in [0, 0.05) is 4.91 Å². The lowest BCUT2D eigenvalue weighted by molar-refractivity contribution is -0.172. The van der Waals surface area contributed by atoms with E-state index in [2.05, 4.69) is 10.0 Å². The van der Waals surface area contributed by atoms with E-state index >= 15 is 0 Å². The maximum absolute atomic E-state index is 12.3. The number of aliphatic hydroxyl groups is 1. The summed E-state index contributed by atoms with van der Waals surface area (Å²) in [7, 11) is 0. The monoisotopic (exact) mass is 313 g/mol. The molecule has 1 aliphatic carbocycles. The van der Waals surface area contributed by atoms with Gasteiger partial charge in [-0.2, -0.15) is 0 Å². The Balaban J connectivity index is 2.97. The van der Waals surface area contributed by atoms with Crippen LogP contribution in [-0.2, 0) is 19.1 Å². The summed E-state index contributed by atoms with van der Waals surface area (Å²) in [5, 5.41) is 13.5. The van der Waals surface area contributed by atoms with Crippen LogP contribution in [0.3, 0.4) is 0 Å². The highest BCUT2D eigenvalue weighted by atomic mass is 16.6. The van der Waals surface area contributed by atoms with Crippen LogP contribution in [0.4, 0.5) is 0 Å². The van der Waals surface area contributed by atoms with Gasteiger partial charge in [-0.3, -0.25) is 9.59 Å². The molecule has 1 saturated carbocycles. The van der Waals surface area contributed by atoms with Crippen LogP contribution >= 0.6 is 0 Å². The highest BCUT2D eigenvalue weighted by Crippen LogP contribution is 2.35. The Morgan fingerprint density at radius 3 is 2.36 bits per heavy atom. The van der Waals surface area contributed by atoms with Gasteiger partial charge in [-0.05, 0) is 46.1 Å². The van der Waals surface area contributed by atoms with Crippen LogP contribution in [0.5, 0.6) is 0 Å². The molecule has 22 heavy (non-hydrogen) atoms. The first-order valence-corrected chi connectivity index (χ1v) is 7.31. The van der Waals surface area contributed by atoms with E-state index < -0.39 is 41.5 Å². The molecule has 1 fully saturated rings. The zero-order valence-corrected chi connectivity index (χ0v) is 13.4. The number of aliphatic hydroxyl groups excluding tert-OH is 1. The Morgan fingerprint density at radius 2 is 1.86 bits per heavy atom. The molecule has 1 aliphatic rings. The molecule has 0 heterocycles. The van der Waals surface area contributed by atoms with Crippen LogP contribution in [0.2, 0.25) is 0 Å². The Labute approximate surface area is 129 Å². The summed E-state index contributed by atoms with van der Waals surface area (Å²) in [5.74, 6) is -2.68. The molecule has 0 aromatic rings. The number of ether oxygens (including phenoxy) is 2. The molecular formula is C14H23N3O5. The van der Waals surface area contributed by atoms with Crippen molar-refractivity contribution in [1.82, 2.24) is 0 Å². The minimum Gasteiger partial charge on any atom is -0.466 e. The van der Waals surface area contributed by atoms with Gasteiger partial charge in [-0.1, -0.05) is 5.11 Å². The van der Waals surface area contributed by atoms with Crippen molar-refractivity contribution in [3.63, 3.8) is 0 Å². The third-order valence-electron chi connectivity index (χ3n) is 3.42. The molecule has 0 unspecified atom stereocenters. The summed E-state index contributed by atoms with van der Waals surface area (Å²) in [6.45, 7) is 7.04. The van der Waals surface area contributed by atoms with E-state index in [-0.39, 0.29) is 19.4 Å². The van der Waals surface area contributed by atoms with Crippen molar-refractivity contribution in [2.75, 3.05) is 6.61 Å². The number of hydrogen-bond acceptors (Lipinski definition) is 6. The number of carbonyl (C=O) groups excluding carboxylic acids is 2. The number of rotatable bonds is 4. The average molecular weight is 313 g/mol. The first kappa shape index (κ1) is 18.3. The van der Waals surface area contributed by atoms with Crippen LogP contribution in [0.25, 0.3) is 10.4 Å². The van der Waals surface area contributed by atoms with E-state index in [1.807, 2.05) is 0 Å². The van der Waals surface area contributed by atoms with Gasteiger partial charge in [0.25, 0.3) is 0 Å². The summed E-state index contributed by atoms with van der Waals surface area (Å²) in [6.07, 6.45) is -0.921. The fourth-order valence-electron chi connectivity index (χ4n) is 2.50. The standard InChI is InChI=1S/C14H23N3O5/c1-5-21-12(19)8-6-10(16-17-15)11(18)7-9(8)13(20)22-14(2,3)4/h8-11,18H,5-7H2,1-4H3/t8-,9+,10-,11-/m1/s1. The van der Waals surface area contributed by atoms with Crippen molar-refractivity contribution in [2.24, 2.45) is 17.0 Å². The maximum atomic E-state index is 12.3. The Bertz CT molecular complexity index is 468. The van der Waals surface area contributed by atoms with E-state index in [1.165, 1.54) is 0 Å². The zero-order chi connectivity index (χ0) is 16.9. The normalized spacial score (nSPS) is 28.4. The van der Waals surface area contributed by atoms with Gasteiger partial charge in [0.1, 0.15) is 5.60 Å². The molecule has 0 saturated heterocycles. The van der Waals surface area contributed by atoms with Gasteiger partial charge < -0.3 is 14.6 Å². The third-order valence-corrected chi connectivity index (χ3v) is 3.42. The highest BCUT2D eigenvalue weighted by Gasteiger charge is 2.45. The third kappa shape index (κ3) is 4.89. The molecule has 0 aromatic carbocycles. The molecule has 0 bridgehead atoms. The maximum Gasteiger partial charge on any atom is 0.310 e. The Morgan fingerprint density at radius 1 is 1.27 bits per heavy atom. The molecular weight excluding hydrogens is 290 g/mol. The molecule has 4 atom stereocenters. The molecule has 124 valence electrons. The smallest absolute Gasteiger partial charge is 0.310 e. The highest BCUT2D eigenvalue weighted by molar-refractivity contribution is 5.82. The molecule has 8 nitrogen and oxygen atoms in total. The van der Waals surface area contributed by atoms with Gasteiger partial charge >= 0.3 is 11.9 Å². The minimum atomic E-state index is -0.987. The van der Waals surface area contributed by atoms with E-state index in [1.54, 1.807) is 27.7 Å². The van der Waals surface area contributed by atoms with E-state index in [0.717, 1.165) is 0 Å². The SMILES string of the molecule is CCOC(=O)[C@@H]1C[C@@H](N=[N+]=[N-])[C@H](O)C[C@@H]1C(=O)OC(C)(C)C. The molecule has 0 radical (unpaired) electrons. The van der Waals surface area contributed by atoms with Crippen molar-refractivity contribution in [3.8, 4) is 0 Å². The lowest BCUT2D eigenvalue weighted by Gasteiger charge is -2.36.